The summed E-state index contributed by atoms with van der Waals surface area (Å²) in [5.41, 5.74) is 7.50. The SMILES string of the molecule is Cc1ccc(C[Si](O)(Cc2ccc(C)cc2)Cc2ccc(C)cc2)cc1. The molecular formula is C24H28OSi. The van der Waals surface area contributed by atoms with Gasteiger partial charge in [-0.1, -0.05) is 89.5 Å². The van der Waals surface area contributed by atoms with Gasteiger partial charge in [0.25, 0.3) is 0 Å². The van der Waals surface area contributed by atoms with E-state index in [1.165, 1.54) is 33.4 Å². The molecule has 0 spiro atoms. The van der Waals surface area contributed by atoms with Gasteiger partial charge in [-0.2, -0.15) is 0 Å². The lowest BCUT2D eigenvalue weighted by Crippen LogP contribution is -2.44. The summed E-state index contributed by atoms with van der Waals surface area (Å²) in [6, 6.07) is 28.2. The lowest BCUT2D eigenvalue weighted by Gasteiger charge is -2.26. The maximum Gasteiger partial charge on any atom is 0.201 e. The summed E-state index contributed by atoms with van der Waals surface area (Å²) in [7, 11) is -2.52. The average molecular weight is 361 g/mol. The van der Waals surface area contributed by atoms with E-state index in [1.807, 2.05) is 0 Å². The van der Waals surface area contributed by atoms with E-state index in [0.29, 0.717) is 0 Å². The Bertz CT molecular complexity index is 717. The van der Waals surface area contributed by atoms with Crippen molar-refractivity contribution in [2.75, 3.05) is 0 Å². The fourth-order valence-corrected chi connectivity index (χ4v) is 6.81. The number of hydrogen-bond donors (Lipinski definition) is 1. The first-order valence-corrected chi connectivity index (χ1v) is 11.9. The van der Waals surface area contributed by atoms with Crippen LogP contribution in [0, 0.1) is 20.8 Å². The molecule has 0 heterocycles. The highest BCUT2D eigenvalue weighted by atomic mass is 28.4. The molecule has 0 aliphatic carbocycles. The minimum absolute atomic E-state index is 0.787. The molecule has 0 fully saturated rings. The van der Waals surface area contributed by atoms with E-state index in [-0.39, 0.29) is 0 Å². The molecule has 1 nitrogen and oxygen atoms in total. The molecule has 0 amide bonds. The van der Waals surface area contributed by atoms with Crippen LogP contribution in [0.25, 0.3) is 0 Å². The van der Waals surface area contributed by atoms with Crippen molar-refractivity contribution < 1.29 is 4.80 Å². The maximum absolute atomic E-state index is 11.7. The smallest absolute Gasteiger partial charge is 0.201 e. The lowest BCUT2D eigenvalue weighted by atomic mass is 10.2. The van der Waals surface area contributed by atoms with E-state index in [9.17, 15) is 4.80 Å². The molecule has 0 aromatic heterocycles. The van der Waals surface area contributed by atoms with Crippen molar-refractivity contribution in [3.8, 4) is 0 Å². The van der Waals surface area contributed by atoms with Gasteiger partial charge in [0.1, 0.15) is 0 Å². The predicted molar refractivity (Wildman–Crippen MR) is 113 cm³/mol. The van der Waals surface area contributed by atoms with Crippen LogP contribution < -0.4 is 0 Å². The molecule has 3 aromatic carbocycles. The Labute approximate surface area is 158 Å². The van der Waals surface area contributed by atoms with E-state index in [4.69, 9.17) is 0 Å². The number of benzene rings is 3. The Morgan fingerprint density at radius 3 is 0.962 bits per heavy atom. The second kappa shape index (κ2) is 8.03. The van der Waals surface area contributed by atoms with Crippen molar-refractivity contribution >= 4 is 8.32 Å². The molecule has 134 valence electrons. The normalized spacial score (nSPS) is 11.5. The van der Waals surface area contributed by atoms with E-state index in [0.717, 1.165) is 18.1 Å². The zero-order valence-corrected chi connectivity index (χ0v) is 17.0. The van der Waals surface area contributed by atoms with Crippen LogP contribution >= 0.6 is 0 Å². The van der Waals surface area contributed by atoms with Crippen LogP contribution in [0.4, 0.5) is 0 Å². The summed E-state index contributed by atoms with van der Waals surface area (Å²) >= 11 is 0. The fourth-order valence-electron chi connectivity index (χ4n) is 3.45. The molecule has 0 atom stereocenters. The highest BCUT2D eigenvalue weighted by Crippen LogP contribution is 2.21. The van der Waals surface area contributed by atoms with Crippen molar-refractivity contribution in [3.63, 3.8) is 0 Å². The van der Waals surface area contributed by atoms with Crippen molar-refractivity contribution in [1.29, 1.82) is 0 Å². The van der Waals surface area contributed by atoms with Gasteiger partial charge in [0.05, 0.1) is 0 Å². The molecule has 3 rings (SSSR count). The molecule has 26 heavy (non-hydrogen) atoms. The highest BCUT2D eigenvalue weighted by molar-refractivity contribution is 6.70. The Kier molecular flexibility index (Phi) is 5.75. The molecule has 2 heteroatoms. The van der Waals surface area contributed by atoms with Crippen molar-refractivity contribution in [1.82, 2.24) is 0 Å². The molecule has 0 saturated carbocycles. The van der Waals surface area contributed by atoms with Crippen LogP contribution in [-0.4, -0.2) is 13.1 Å². The Balaban J connectivity index is 1.86. The van der Waals surface area contributed by atoms with Crippen LogP contribution in [0.3, 0.4) is 0 Å². The summed E-state index contributed by atoms with van der Waals surface area (Å²) in [6.07, 6.45) is 0. The standard InChI is InChI=1S/C24H28OSi/c1-19-4-10-22(11-5-19)16-26(25,17-23-12-6-20(2)7-13-23)18-24-14-8-21(3)9-15-24/h4-15,25H,16-18H2,1-3H3. The topological polar surface area (TPSA) is 20.2 Å². The number of hydrogen-bond acceptors (Lipinski definition) is 1. The van der Waals surface area contributed by atoms with Gasteiger partial charge in [-0.3, -0.25) is 0 Å². The molecule has 0 saturated heterocycles. The Morgan fingerprint density at radius 2 is 0.731 bits per heavy atom. The number of aryl methyl sites for hydroxylation is 3. The van der Waals surface area contributed by atoms with Crippen LogP contribution in [0.5, 0.6) is 0 Å². The van der Waals surface area contributed by atoms with E-state index in [1.54, 1.807) is 0 Å². The summed E-state index contributed by atoms with van der Waals surface area (Å²) < 4.78 is 0. The van der Waals surface area contributed by atoms with Gasteiger partial charge in [0, 0.05) is 0 Å². The second-order valence-corrected chi connectivity index (χ2v) is 11.2. The van der Waals surface area contributed by atoms with Crippen LogP contribution in [0.15, 0.2) is 72.8 Å². The summed E-state index contributed by atoms with van der Waals surface area (Å²) in [4.78, 5) is 11.7. The molecule has 0 aliphatic rings. The molecule has 3 aromatic rings. The minimum atomic E-state index is -2.52. The third kappa shape index (κ3) is 5.17. The average Bonchev–Trinajstić information content (AvgIpc) is 2.61. The Morgan fingerprint density at radius 1 is 0.500 bits per heavy atom. The van der Waals surface area contributed by atoms with Crippen LogP contribution in [-0.2, 0) is 18.1 Å². The van der Waals surface area contributed by atoms with E-state index in [2.05, 4.69) is 93.6 Å². The fraction of sp³-hybridized carbons (Fsp3) is 0.250. The first-order chi connectivity index (χ1) is 12.4. The third-order valence-electron chi connectivity index (χ3n) is 4.96. The van der Waals surface area contributed by atoms with Gasteiger partial charge in [-0.25, -0.2) is 0 Å². The summed E-state index contributed by atoms with van der Waals surface area (Å²) in [6.45, 7) is 6.31. The molecule has 0 bridgehead atoms. The zero-order valence-electron chi connectivity index (χ0n) is 16.0. The van der Waals surface area contributed by atoms with Crippen LogP contribution in [0.1, 0.15) is 33.4 Å². The lowest BCUT2D eigenvalue weighted by molar-refractivity contribution is 0.523. The second-order valence-electron chi connectivity index (χ2n) is 7.71. The zero-order chi connectivity index (χ0) is 18.6. The van der Waals surface area contributed by atoms with Crippen molar-refractivity contribution in [2.24, 2.45) is 0 Å². The third-order valence-corrected chi connectivity index (χ3v) is 8.16. The van der Waals surface area contributed by atoms with Gasteiger partial charge in [-0.05, 0) is 55.6 Å². The van der Waals surface area contributed by atoms with Crippen molar-refractivity contribution in [2.45, 2.75) is 38.9 Å². The van der Waals surface area contributed by atoms with E-state index < -0.39 is 8.32 Å². The van der Waals surface area contributed by atoms with Gasteiger partial charge >= 0.3 is 0 Å². The van der Waals surface area contributed by atoms with Gasteiger partial charge < -0.3 is 4.80 Å². The molecule has 0 aliphatic heterocycles. The van der Waals surface area contributed by atoms with Gasteiger partial charge in [0.2, 0.25) is 8.32 Å². The molecule has 0 radical (unpaired) electrons. The first kappa shape index (κ1) is 18.6. The minimum Gasteiger partial charge on any atom is -0.431 e. The predicted octanol–water partition coefficient (Wildman–Crippen LogP) is 5.20. The van der Waals surface area contributed by atoms with Gasteiger partial charge in [-0.15, -0.1) is 0 Å². The largest absolute Gasteiger partial charge is 0.431 e. The van der Waals surface area contributed by atoms with E-state index >= 15 is 0 Å². The van der Waals surface area contributed by atoms with Crippen LogP contribution in [0.2, 0.25) is 0 Å². The molecule has 1 N–H and O–H groups in total. The number of rotatable bonds is 6. The quantitative estimate of drug-likeness (QED) is 0.599. The van der Waals surface area contributed by atoms with Crippen molar-refractivity contribution in [3.05, 3.63) is 106 Å². The molecular weight excluding hydrogens is 332 g/mol. The van der Waals surface area contributed by atoms with Gasteiger partial charge in [0.15, 0.2) is 0 Å². The summed E-state index contributed by atoms with van der Waals surface area (Å²) in [5, 5.41) is 0. The monoisotopic (exact) mass is 360 g/mol. The Hall–Kier alpha value is -2.16. The summed E-state index contributed by atoms with van der Waals surface area (Å²) in [5.74, 6) is 0. The molecule has 0 unspecified atom stereocenters. The first-order valence-electron chi connectivity index (χ1n) is 9.31. The maximum atomic E-state index is 11.7. The highest BCUT2D eigenvalue weighted by Gasteiger charge is 2.32.